The fraction of sp³-hybridized carbons (Fsp3) is 0.500. The van der Waals surface area contributed by atoms with Crippen molar-refractivity contribution in [1.29, 1.82) is 0 Å². The van der Waals surface area contributed by atoms with Gasteiger partial charge in [0.1, 0.15) is 0 Å². The van der Waals surface area contributed by atoms with Crippen LogP contribution in [0, 0.1) is 12.8 Å². The van der Waals surface area contributed by atoms with E-state index in [-0.39, 0.29) is 0 Å². The molecule has 0 spiro atoms. The van der Waals surface area contributed by atoms with Crippen LogP contribution in [0.5, 0.6) is 0 Å². The van der Waals surface area contributed by atoms with Crippen LogP contribution in [0.1, 0.15) is 12.0 Å². The summed E-state index contributed by atoms with van der Waals surface area (Å²) in [7, 11) is 0. The molecule has 0 aliphatic carbocycles. The van der Waals surface area contributed by atoms with E-state index in [1.54, 1.807) is 0 Å². The molecule has 82 valence electrons. The Morgan fingerprint density at radius 1 is 1.53 bits per heavy atom. The first-order chi connectivity index (χ1) is 7.27. The number of anilines is 1. The predicted molar refractivity (Wildman–Crippen MR) is 70.1 cm³/mol. The molecule has 1 aliphatic rings. The van der Waals surface area contributed by atoms with Crippen molar-refractivity contribution >= 4 is 29.1 Å². The molecule has 1 fully saturated rings. The fourth-order valence-corrected chi connectivity index (χ4v) is 3.42. The molecule has 0 radical (unpaired) electrons. The second kappa shape index (κ2) is 5.13. The summed E-state index contributed by atoms with van der Waals surface area (Å²) in [5, 5.41) is 4.31. The van der Waals surface area contributed by atoms with Crippen LogP contribution in [-0.4, -0.2) is 18.1 Å². The zero-order chi connectivity index (χ0) is 10.7. The molecule has 3 heteroatoms. The Hall–Kier alpha value is -0.340. The molecule has 2 rings (SSSR count). The Bertz CT molecular complexity index is 314. The summed E-state index contributed by atoms with van der Waals surface area (Å²) in [4.78, 5) is 0. The first-order valence-electron chi connectivity index (χ1n) is 5.34. The minimum absolute atomic E-state index is 0.811. The highest BCUT2D eigenvalue weighted by molar-refractivity contribution is 7.99. The molecule has 1 aliphatic heterocycles. The summed E-state index contributed by atoms with van der Waals surface area (Å²) in [6.07, 6.45) is 1.33. The fourth-order valence-electron chi connectivity index (χ4n) is 1.85. The summed E-state index contributed by atoms with van der Waals surface area (Å²) in [6.45, 7) is 3.15. The van der Waals surface area contributed by atoms with Gasteiger partial charge < -0.3 is 5.32 Å². The van der Waals surface area contributed by atoms with Crippen LogP contribution >= 0.6 is 23.4 Å². The number of benzene rings is 1. The van der Waals surface area contributed by atoms with Gasteiger partial charge in [0.05, 0.1) is 10.7 Å². The summed E-state index contributed by atoms with van der Waals surface area (Å²) in [6, 6.07) is 6.03. The lowest BCUT2D eigenvalue weighted by Crippen LogP contribution is -2.14. The largest absolute Gasteiger partial charge is 0.383 e. The van der Waals surface area contributed by atoms with E-state index in [1.165, 1.54) is 23.5 Å². The molecular weight excluding hydrogens is 226 g/mol. The van der Waals surface area contributed by atoms with Crippen LogP contribution in [0.4, 0.5) is 5.69 Å². The van der Waals surface area contributed by atoms with Gasteiger partial charge >= 0.3 is 0 Å². The maximum absolute atomic E-state index is 6.15. The van der Waals surface area contributed by atoms with E-state index < -0.39 is 0 Å². The van der Waals surface area contributed by atoms with Crippen LogP contribution in [0.2, 0.25) is 5.02 Å². The monoisotopic (exact) mass is 241 g/mol. The minimum Gasteiger partial charge on any atom is -0.383 e. The van der Waals surface area contributed by atoms with Crippen LogP contribution in [0.3, 0.4) is 0 Å². The smallest absolute Gasteiger partial charge is 0.0640 e. The average molecular weight is 242 g/mol. The predicted octanol–water partition coefficient (Wildman–Crippen LogP) is 3.81. The molecule has 0 saturated carbocycles. The topological polar surface area (TPSA) is 12.0 Å². The second-order valence-electron chi connectivity index (χ2n) is 4.04. The Morgan fingerprint density at radius 2 is 2.40 bits per heavy atom. The Morgan fingerprint density at radius 3 is 3.07 bits per heavy atom. The number of thioether (sulfide) groups is 1. The number of halogens is 1. The van der Waals surface area contributed by atoms with E-state index in [0.717, 1.165) is 23.2 Å². The number of nitrogens with one attached hydrogen (secondary N) is 1. The molecule has 0 aromatic heterocycles. The molecule has 1 aromatic rings. The molecule has 1 saturated heterocycles. The van der Waals surface area contributed by atoms with E-state index in [4.69, 9.17) is 11.6 Å². The van der Waals surface area contributed by atoms with Crippen molar-refractivity contribution in [2.75, 3.05) is 23.4 Å². The molecular formula is C12H16ClNS. The number of hydrogen-bond donors (Lipinski definition) is 1. The quantitative estimate of drug-likeness (QED) is 0.864. The normalized spacial score (nSPS) is 20.5. The molecule has 15 heavy (non-hydrogen) atoms. The standard InChI is InChI=1S/C12H16ClNS/c1-9-3-2-4-11(13)12(9)14-7-10-5-6-15-8-10/h2-4,10,14H,5-8H2,1H3. The van der Waals surface area contributed by atoms with Gasteiger partial charge in [0.2, 0.25) is 0 Å². The third-order valence-corrected chi connectivity index (χ3v) is 4.36. The van der Waals surface area contributed by atoms with Crippen molar-refractivity contribution in [1.82, 2.24) is 0 Å². The van der Waals surface area contributed by atoms with Gasteiger partial charge in [0.25, 0.3) is 0 Å². The lowest BCUT2D eigenvalue weighted by atomic mass is 10.1. The molecule has 1 unspecified atom stereocenters. The Kier molecular flexibility index (Phi) is 3.81. The van der Waals surface area contributed by atoms with Crippen molar-refractivity contribution < 1.29 is 0 Å². The van der Waals surface area contributed by atoms with Gasteiger partial charge in [-0.2, -0.15) is 11.8 Å². The van der Waals surface area contributed by atoms with Gasteiger partial charge in [-0.1, -0.05) is 23.7 Å². The lowest BCUT2D eigenvalue weighted by molar-refractivity contribution is 0.631. The van der Waals surface area contributed by atoms with Crippen molar-refractivity contribution in [3.8, 4) is 0 Å². The van der Waals surface area contributed by atoms with E-state index >= 15 is 0 Å². The first kappa shape index (κ1) is 11.2. The number of hydrogen-bond acceptors (Lipinski definition) is 2. The van der Waals surface area contributed by atoms with Gasteiger partial charge in [-0.15, -0.1) is 0 Å². The van der Waals surface area contributed by atoms with Crippen molar-refractivity contribution in [2.24, 2.45) is 5.92 Å². The van der Waals surface area contributed by atoms with Gasteiger partial charge in [0.15, 0.2) is 0 Å². The number of rotatable bonds is 3. The van der Waals surface area contributed by atoms with E-state index in [2.05, 4.69) is 30.1 Å². The molecule has 1 N–H and O–H groups in total. The van der Waals surface area contributed by atoms with E-state index in [0.29, 0.717) is 0 Å². The van der Waals surface area contributed by atoms with Crippen LogP contribution in [-0.2, 0) is 0 Å². The molecule has 1 atom stereocenters. The zero-order valence-electron chi connectivity index (χ0n) is 8.92. The van der Waals surface area contributed by atoms with Gasteiger partial charge in [-0.3, -0.25) is 0 Å². The maximum Gasteiger partial charge on any atom is 0.0640 e. The number of para-hydroxylation sites is 1. The highest BCUT2D eigenvalue weighted by Gasteiger charge is 2.15. The second-order valence-corrected chi connectivity index (χ2v) is 5.60. The van der Waals surface area contributed by atoms with Crippen LogP contribution < -0.4 is 5.32 Å². The van der Waals surface area contributed by atoms with E-state index in [9.17, 15) is 0 Å². The zero-order valence-corrected chi connectivity index (χ0v) is 10.5. The van der Waals surface area contributed by atoms with Gasteiger partial charge in [-0.25, -0.2) is 0 Å². The maximum atomic E-state index is 6.15. The van der Waals surface area contributed by atoms with Crippen molar-refractivity contribution in [2.45, 2.75) is 13.3 Å². The first-order valence-corrected chi connectivity index (χ1v) is 6.87. The lowest BCUT2D eigenvalue weighted by Gasteiger charge is -2.14. The summed E-state index contributed by atoms with van der Waals surface area (Å²) >= 11 is 8.20. The highest BCUT2D eigenvalue weighted by Crippen LogP contribution is 2.28. The molecule has 0 amide bonds. The van der Waals surface area contributed by atoms with Crippen LogP contribution in [0.15, 0.2) is 18.2 Å². The summed E-state index contributed by atoms with van der Waals surface area (Å²) in [5.74, 6) is 3.41. The molecule has 1 aromatic carbocycles. The van der Waals surface area contributed by atoms with Crippen molar-refractivity contribution in [3.05, 3.63) is 28.8 Å². The average Bonchev–Trinajstić information content (AvgIpc) is 2.70. The summed E-state index contributed by atoms with van der Waals surface area (Å²) < 4.78 is 0. The molecule has 0 bridgehead atoms. The molecule has 1 heterocycles. The minimum atomic E-state index is 0.811. The highest BCUT2D eigenvalue weighted by atomic mass is 35.5. The number of aryl methyl sites for hydroxylation is 1. The SMILES string of the molecule is Cc1cccc(Cl)c1NCC1CCSC1. The summed E-state index contributed by atoms with van der Waals surface area (Å²) in [5.41, 5.74) is 2.34. The molecule has 1 nitrogen and oxygen atoms in total. The third-order valence-electron chi connectivity index (χ3n) is 2.81. The Balaban J connectivity index is 1.97. The van der Waals surface area contributed by atoms with Crippen molar-refractivity contribution in [3.63, 3.8) is 0 Å². The van der Waals surface area contributed by atoms with Crippen LogP contribution in [0.25, 0.3) is 0 Å². The van der Waals surface area contributed by atoms with E-state index in [1.807, 2.05) is 12.1 Å². The van der Waals surface area contributed by atoms with Gasteiger partial charge in [0, 0.05) is 6.54 Å². The van der Waals surface area contributed by atoms with Gasteiger partial charge in [-0.05, 0) is 42.4 Å². The Labute approximate surface area is 101 Å². The third kappa shape index (κ3) is 2.82.